The van der Waals surface area contributed by atoms with E-state index in [1.807, 2.05) is 31.2 Å². The van der Waals surface area contributed by atoms with E-state index in [4.69, 9.17) is 4.74 Å². The van der Waals surface area contributed by atoms with Crippen molar-refractivity contribution in [2.24, 2.45) is 0 Å². The number of benzene rings is 1. The molecule has 0 atom stereocenters. The minimum absolute atomic E-state index is 0.111. The van der Waals surface area contributed by atoms with Crippen LogP contribution >= 0.6 is 0 Å². The van der Waals surface area contributed by atoms with Crippen molar-refractivity contribution in [2.45, 2.75) is 13.8 Å². The third-order valence-electron chi connectivity index (χ3n) is 2.08. The van der Waals surface area contributed by atoms with Crippen molar-refractivity contribution in [3.05, 3.63) is 35.2 Å². The highest BCUT2D eigenvalue weighted by molar-refractivity contribution is 7.94. The molecule has 1 rings (SSSR count). The van der Waals surface area contributed by atoms with Gasteiger partial charge in [0.2, 0.25) is 0 Å². The molecule has 88 valence electrons. The average Bonchev–Trinajstić information content (AvgIpc) is 2.28. The summed E-state index contributed by atoms with van der Waals surface area (Å²) >= 11 is 0. The van der Waals surface area contributed by atoms with Gasteiger partial charge in [0.05, 0.1) is 12.4 Å². The summed E-state index contributed by atoms with van der Waals surface area (Å²) in [6.45, 7) is 4.07. The summed E-state index contributed by atoms with van der Waals surface area (Å²) in [6.07, 6.45) is 1.57. The number of sulfone groups is 1. The average molecular weight is 240 g/mol. The van der Waals surface area contributed by atoms with E-state index in [2.05, 4.69) is 0 Å². The van der Waals surface area contributed by atoms with E-state index >= 15 is 0 Å². The molecule has 0 aliphatic rings. The second kappa shape index (κ2) is 5.70. The largest absolute Gasteiger partial charge is 0.493 e. The van der Waals surface area contributed by atoms with E-state index in [1.54, 1.807) is 13.0 Å². The molecule has 0 spiro atoms. The summed E-state index contributed by atoms with van der Waals surface area (Å²) in [4.78, 5) is 0. The summed E-state index contributed by atoms with van der Waals surface area (Å²) in [5, 5.41) is 1.23. The van der Waals surface area contributed by atoms with Gasteiger partial charge in [-0.3, -0.25) is 0 Å². The van der Waals surface area contributed by atoms with Crippen LogP contribution in [0.15, 0.2) is 29.7 Å². The van der Waals surface area contributed by atoms with Gasteiger partial charge in [0, 0.05) is 11.0 Å². The molecule has 1 aromatic rings. The van der Waals surface area contributed by atoms with Crippen LogP contribution in [0, 0.1) is 0 Å². The zero-order valence-corrected chi connectivity index (χ0v) is 10.3. The maximum Gasteiger partial charge on any atom is 0.171 e. The highest BCUT2D eigenvalue weighted by atomic mass is 32.2. The van der Waals surface area contributed by atoms with Crippen LogP contribution in [0.1, 0.15) is 19.4 Å². The molecule has 0 aromatic heterocycles. The molecule has 0 aliphatic carbocycles. The molecule has 0 saturated heterocycles. The molecular weight excluding hydrogens is 224 g/mol. The van der Waals surface area contributed by atoms with Gasteiger partial charge in [0.25, 0.3) is 0 Å². The maximum absolute atomic E-state index is 11.3. The predicted octanol–water partition coefficient (Wildman–Crippen LogP) is 2.49. The molecule has 0 aliphatic heterocycles. The van der Waals surface area contributed by atoms with Crippen molar-refractivity contribution < 1.29 is 13.2 Å². The molecule has 16 heavy (non-hydrogen) atoms. The van der Waals surface area contributed by atoms with Crippen molar-refractivity contribution in [3.63, 3.8) is 0 Å². The Morgan fingerprint density at radius 2 is 1.94 bits per heavy atom. The van der Waals surface area contributed by atoms with Crippen molar-refractivity contribution in [3.8, 4) is 5.75 Å². The smallest absolute Gasteiger partial charge is 0.171 e. The van der Waals surface area contributed by atoms with Crippen molar-refractivity contribution in [2.75, 3.05) is 12.4 Å². The lowest BCUT2D eigenvalue weighted by molar-refractivity contribution is 0.339. The zero-order chi connectivity index (χ0) is 12.0. The van der Waals surface area contributed by atoms with E-state index in [9.17, 15) is 8.42 Å². The van der Waals surface area contributed by atoms with E-state index in [0.717, 1.165) is 5.56 Å². The molecule has 0 bridgehead atoms. The molecule has 0 amide bonds. The Morgan fingerprint density at radius 3 is 2.56 bits per heavy atom. The van der Waals surface area contributed by atoms with E-state index < -0.39 is 9.84 Å². The van der Waals surface area contributed by atoms with Gasteiger partial charge in [-0.1, -0.05) is 25.1 Å². The Bertz CT molecular complexity index is 461. The molecule has 0 radical (unpaired) electrons. The molecule has 0 unspecified atom stereocenters. The fourth-order valence-electron chi connectivity index (χ4n) is 1.18. The van der Waals surface area contributed by atoms with Crippen molar-refractivity contribution in [1.82, 2.24) is 0 Å². The van der Waals surface area contributed by atoms with E-state index in [0.29, 0.717) is 12.4 Å². The fraction of sp³-hybridized carbons (Fsp3) is 0.333. The summed E-state index contributed by atoms with van der Waals surface area (Å²) < 4.78 is 28.0. The Balaban J connectivity index is 2.97. The molecule has 4 heteroatoms. The summed E-state index contributed by atoms with van der Waals surface area (Å²) in [7, 11) is -3.09. The third-order valence-corrected chi connectivity index (χ3v) is 3.43. The van der Waals surface area contributed by atoms with Gasteiger partial charge in [-0.15, -0.1) is 0 Å². The minimum atomic E-state index is -3.09. The standard InChI is InChI=1S/C12H16O3S/c1-3-15-12-8-6-5-7-11(12)9-10-16(13,14)4-2/h5-10H,3-4H2,1-2H3/b10-9+. The Morgan fingerprint density at radius 1 is 1.25 bits per heavy atom. The molecule has 3 nitrogen and oxygen atoms in total. The van der Waals surface area contributed by atoms with Crippen LogP contribution in [-0.2, 0) is 9.84 Å². The third kappa shape index (κ3) is 3.70. The van der Waals surface area contributed by atoms with Crippen LogP contribution in [0.25, 0.3) is 6.08 Å². The van der Waals surface area contributed by atoms with Crippen LogP contribution in [0.5, 0.6) is 5.75 Å². The highest BCUT2D eigenvalue weighted by Crippen LogP contribution is 2.19. The number of para-hydroxylation sites is 1. The van der Waals surface area contributed by atoms with Gasteiger partial charge >= 0.3 is 0 Å². The normalized spacial score (nSPS) is 11.9. The first-order chi connectivity index (χ1) is 7.59. The van der Waals surface area contributed by atoms with Crippen molar-refractivity contribution in [1.29, 1.82) is 0 Å². The number of hydrogen-bond acceptors (Lipinski definition) is 3. The Labute approximate surface area is 96.7 Å². The van der Waals surface area contributed by atoms with Crippen LogP contribution < -0.4 is 4.74 Å². The lowest BCUT2D eigenvalue weighted by atomic mass is 10.2. The summed E-state index contributed by atoms with van der Waals surface area (Å²) in [6, 6.07) is 7.35. The number of hydrogen-bond donors (Lipinski definition) is 0. The quantitative estimate of drug-likeness (QED) is 0.794. The lowest BCUT2D eigenvalue weighted by Gasteiger charge is -2.05. The second-order valence-corrected chi connectivity index (χ2v) is 5.40. The summed E-state index contributed by atoms with van der Waals surface area (Å²) in [5.74, 6) is 0.813. The minimum Gasteiger partial charge on any atom is -0.493 e. The van der Waals surface area contributed by atoms with Crippen molar-refractivity contribution >= 4 is 15.9 Å². The van der Waals surface area contributed by atoms with Gasteiger partial charge in [-0.05, 0) is 19.1 Å². The van der Waals surface area contributed by atoms with Gasteiger partial charge in [-0.25, -0.2) is 8.42 Å². The van der Waals surface area contributed by atoms with E-state index in [-0.39, 0.29) is 5.75 Å². The van der Waals surface area contributed by atoms with E-state index in [1.165, 1.54) is 5.41 Å². The first-order valence-corrected chi connectivity index (χ1v) is 6.93. The molecule has 0 fully saturated rings. The maximum atomic E-state index is 11.3. The fourth-order valence-corrected chi connectivity index (χ4v) is 1.72. The molecule has 0 N–H and O–H groups in total. The van der Waals surface area contributed by atoms with Gasteiger partial charge < -0.3 is 4.74 Å². The molecular formula is C12H16O3S. The monoisotopic (exact) mass is 240 g/mol. The first kappa shape index (κ1) is 12.8. The van der Waals surface area contributed by atoms with Crippen LogP contribution in [0.4, 0.5) is 0 Å². The van der Waals surface area contributed by atoms with Gasteiger partial charge in [0.15, 0.2) is 9.84 Å². The second-order valence-electron chi connectivity index (χ2n) is 3.23. The Kier molecular flexibility index (Phi) is 4.55. The topological polar surface area (TPSA) is 43.4 Å². The molecule has 0 heterocycles. The highest BCUT2D eigenvalue weighted by Gasteiger charge is 2.02. The SMILES string of the molecule is CCOc1ccccc1/C=C/S(=O)(=O)CC. The van der Waals surface area contributed by atoms with Crippen LogP contribution in [0.2, 0.25) is 0 Å². The molecule has 1 aromatic carbocycles. The summed E-state index contributed by atoms with van der Waals surface area (Å²) in [5.41, 5.74) is 0.779. The first-order valence-electron chi connectivity index (χ1n) is 5.21. The zero-order valence-electron chi connectivity index (χ0n) is 9.51. The van der Waals surface area contributed by atoms with Crippen LogP contribution in [-0.4, -0.2) is 20.8 Å². The predicted molar refractivity (Wildman–Crippen MR) is 66.1 cm³/mol. The van der Waals surface area contributed by atoms with Crippen LogP contribution in [0.3, 0.4) is 0 Å². The number of ether oxygens (including phenoxy) is 1. The number of rotatable bonds is 5. The van der Waals surface area contributed by atoms with Gasteiger partial charge in [0.1, 0.15) is 5.75 Å². The molecule has 0 saturated carbocycles. The van der Waals surface area contributed by atoms with Gasteiger partial charge in [-0.2, -0.15) is 0 Å². The lowest BCUT2D eigenvalue weighted by Crippen LogP contribution is -1.97. The Hall–Kier alpha value is -1.29.